The molecule has 9 aromatic rings. The third-order valence-electron chi connectivity index (χ3n) is 9.50. The zero-order valence-electron chi connectivity index (χ0n) is 27.4. The normalized spacial score (nSPS) is 11.2. The summed E-state index contributed by atoms with van der Waals surface area (Å²) in [5, 5.41) is 2.20. The molecule has 2 heteroatoms. The molecule has 0 saturated heterocycles. The molecule has 0 aliphatic heterocycles. The summed E-state index contributed by atoms with van der Waals surface area (Å²) in [4.78, 5) is 2.34. The molecule has 236 valence electrons. The molecule has 0 atom stereocenters. The second kappa shape index (κ2) is 12.8. The van der Waals surface area contributed by atoms with Crippen LogP contribution in [0.4, 0.5) is 17.1 Å². The van der Waals surface area contributed by atoms with Crippen molar-refractivity contribution in [3.05, 3.63) is 200 Å². The standard InChI is InChI=1S/C48H33NO/c1-4-13-34(14-5-1)35-23-28-40(29-24-35)49(45-20-12-22-47-48(45)43-19-10-11-21-46(43)50-47)41-30-25-36(26-31-41)39-27-32-42(37-15-6-2-7-16-37)44(33-39)38-17-8-3-9-18-38/h1-33H. The Hall–Kier alpha value is -6.64. The van der Waals surface area contributed by atoms with Gasteiger partial charge in [-0.3, -0.25) is 0 Å². The highest BCUT2D eigenvalue weighted by atomic mass is 16.3. The molecule has 50 heavy (non-hydrogen) atoms. The minimum Gasteiger partial charge on any atom is -0.456 e. The zero-order valence-corrected chi connectivity index (χ0v) is 27.4. The fourth-order valence-corrected chi connectivity index (χ4v) is 7.06. The van der Waals surface area contributed by atoms with E-state index < -0.39 is 0 Å². The maximum Gasteiger partial charge on any atom is 0.137 e. The van der Waals surface area contributed by atoms with Crippen molar-refractivity contribution in [3.63, 3.8) is 0 Å². The molecule has 0 saturated carbocycles. The monoisotopic (exact) mass is 639 g/mol. The molecule has 8 aromatic carbocycles. The number of hydrogen-bond acceptors (Lipinski definition) is 2. The van der Waals surface area contributed by atoms with E-state index >= 15 is 0 Å². The Morgan fingerprint density at radius 3 is 1.44 bits per heavy atom. The van der Waals surface area contributed by atoms with Crippen LogP contribution in [0.3, 0.4) is 0 Å². The summed E-state index contributed by atoms with van der Waals surface area (Å²) in [6.45, 7) is 0. The summed E-state index contributed by atoms with van der Waals surface area (Å²) in [5.41, 5.74) is 14.6. The van der Waals surface area contributed by atoms with Gasteiger partial charge in [0.2, 0.25) is 0 Å². The minimum absolute atomic E-state index is 0.873. The number of fused-ring (bicyclic) bond motifs is 3. The average molecular weight is 640 g/mol. The van der Waals surface area contributed by atoms with Crippen LogP contribution in [0.15, 0.2) is 205 Å². The predicted octanol–water partition coefficient (Wildman–Crippen LogP) is 13.7. The smallest absolute Gasteiger partial charge is 0.137 e. The number of anilines is 3. The Balaban J connectivity index is 1.16. The number of para-hydroxylation sites is 1. The van der Waals surface area contributed by atoms with Crippen LogP contribution in [0.5, 0.6) is 0 Å². The molecule has 0 bridgehead atoms. The van der Waals surface area contributed by atoms with Crippen molar-refractivity contribution in [3.8, 4) is 44.5 Å². The van der Waals surface area contributed by atoms with Gasteiger partial charge >= 0.3 is 0 Å². The fraction of sp³-hybridized carbons (Fsp3) is 0. The lowest BCUT2D eigenvalue weighted by Crippen LogP contribution is -2.10. The Kier molecular flexibility index (Phi) is 7.53. The van der Waals surface area contributed by atoms with Gasteiger partial charge in [0.25, 0.3) is 0 Å². The molecule has 0 unspecified atom stereocenters. The van der Waals surface area contributed by atoms with E-state index in [9.17, 15) is 0 Å². The predicted molar refractivity (Wildman–Crippen MR) is 210 cm³/mol. The van der Waals surface area contributed by atoms with E-state index in [2.05, 4.69) is 193 Å². The van der Waals surface area contributed by atoms with Gasteiger partial charge in [-0.25, -0.2) is 0 Å². The van der Waals surface area contributed by atoms with Crippen molar-refractivity contribution in [2.75, 3.05) is 4.90 Å². The molecule has 0 N–H and O–H groups in total. The Morgan fingerprint density at radius 1 is 0.320 bits per heavy atom. The van der Waals surface area contributed by atoms with E-state index in [1.54, 1.807) is 0 Å². The minimum atomic E-state index is 0.873. The van der Waals surface area contributed by atoms with Crippen molar-refractivity contribution < 1.29 is 4.42 Å². The first-order valence-electron chi connectivity index (χ1n) is 17.0. The third-order valence-corrected chi connectivity index (χ3v) is 9.50. The summed E-state index contributed by atoms with van der Waals surface area (Å²) < 4.78 is 6.33. The van der Waals surface area contributed by atoms with Gasteiger partial charge < -0.3 is 9.32 Å². The molecule has 0 amide bonds. The van der Waals surface area contributed by atoms with Crippen molar-refractivity contribution >= 4 is 39.0 Å². The van der Waals surface area contributed by atoms with E-state index in [1.165, 1.54) is 38.9 Å². The molecule has 0 fully saturated rings. The number of hydrogen-bond donors (Lipinski definition) is 0. The lowest BCUT2D eigenvalue weighted by atomic mass is 9.91. The van der Waals surface area contributed by atoms with Gasteiger partial charge in [0.1, 0.15) is 11.2 Å². The van der Waals surface area contributed by atoms with Crippen LogP contribution in [0.25, 0.3) is 66.4 Å². The number of furan rings is 1. The van der Waals surface area contributed by atoms with Crippen LogP contribution < -0.4 is 4.90 Å². The average Bonchev–Trinajstić information content (AvgIpc) is 3.59. The van der Waals surface area contributed by atoms with Crippen LogP contribution in [0.1, 0.15) is 0 Å². The van der Waals surface area contributed by atoms with Crippen molar-refractivity contribution in [1.82, 2.24) is 0 Å². The van der Waals surface area contributed by atoms with Crippen LogP contribution in [-0.4, -0.2) is 0 Å². The molecule has 2 nitrogen and oxygen atoms in total. The van der Waals surface area contributed by atoms with Gasteiger partial charge in [0.05, 0.1) is 11.1 Å². The zero-order chi connectivity index (χ0) is 33.3. The van der Waals surface area contributed by atoms with E-state index in [-0.39, 0.29) is 0 Å². The van der Waals surface area contributed by atoms with Crippen LogP contribution in [-0.2, 0) is 0 Å². The summed E-state index contributed by atoms with van der Waals surface area (Å²) in [6, 6.07) is 71.0. The summed E-state index contributed by atoms with van der Waals surface area (Å²) in [7, 11) is 0. The Morgan fingerprint density at radius 2 is 0.800 bits per heavy atom. The third kappa shape index (κ3) is 5.43. The second-order valence-corrected chi connectivity index (χ2v) is 12.5. The summed E-state index contributed by atoms with van der Waals surface area (Å²) in [6.07, 6.45) is 0. The number of nitrogens with zero attached hydrogens (tertiary/aromatic N) is 1. The number of rotatable bonds is 7. The molecule has 9 rings (SSSR count). The van der Waals surface area contributed by atoms with Gasteiger partial charge in [-0.15, -0.1) is 0 Å². The quantitative estimate of drug-likeness (QED) is 0.173. The first kappa shape index (κ1) is 29.5. The largest absolute Gasteiger partial charge is 0.456 e. The van der Waals surface area contributed by atoms with E-state index in [1.807, 2.05) is 12.1 Å². The molecule has 1 aromatic heterocycles. The Bertz CT molecular complexity index is 2550. The maximum absolute atomic E-state index is 6.33. The highest BCUT2D eigenvalue weighted by molar-refractivity contribution is 6.13. The van der Waals surface area contributed by atoms with Crippen LogP contribution >= 0.6 is 0 Å². The molecule has 0 aliphatic carbocycles. The molecule has 1 heterocycles. The maximum atomic E-state index is 6.33. The first-order chi connectivity index (χ1) is 24.8. The van der Waals surface area contributed by atoms with Gasteiger partial charge in [-0.1, -0.05) is 152 Å². The molecule has 0 aliphatic rings. The Labute approximate surface area is 292 Å². The van der Waals surface area contributed by atoms with Gasteiger partial charge in [0, 0.05) is 16.8 Å². The topological polar surface area (TPSA) is 16.4 Å². The molecule has 0 radical (unpaired) electrons. The van der Waals surface area contributed by atoms with E-state index in [0.29, 0.717) is 0 Å². The lowest BCUT2D eigenvalue weighted by molar-refractivity contribution is 0.669. The highest BCUT2D eigenvalue weighted by Crippen LogP contribution is 2.44. The lowest BCUT2D eigenvalue weighted by Gasteiger charge is -2.26. The molecular formula is C48H33NO. The van der Waals surface area contributed by atoms with Crippen LogP contribution in [0, 0.1) is 0 Å². The van der Waals surface area contributed by atoms with E-state index in [4.69, 9.17) is 4.42 Å². The summed E-state index contributed by atoms with van der Waals surface area (Å²) in [5.74, 6) is 0. The van der Waals surface area contributed by atoms with Crippen molar-refractivity contribution in [1.29, 1.82) is 0 Å². The van der Waals surface area contributed by atoms with E-state index in [0.717, 1.165) is 44.6 Å². The molecule has 0 spiro atoms. The van der Waals surface area contributed by atoms with Crippen molar-refractivity contribution in [2.45, 2.75) is 0 Å². The van der Waals surface area contributed by atoms with Crippen molar-refractivity contribution in [2.24, 2.45) is 0 Å². The SMILES string of the molecule is c1ccc(-c2ccc(N(c3ccc(-c4ccc(-c5ccccc5)c(-c5ccccc5)c4)cc3)c3cccc4oc5ccccc5c34)cc2)cc1. The molecular weight excluding hydrogens is 607 g/mol. The first-order valence-corrected chi connectivity index (χ1v) is 17.0. The second-order valence-electron chi connectivity index (χ2n) is 12.5. The van der Waals surface area contributed by atoms with Gasteiger partial charge in [-0.2, -0.15) is 0 Å². The highest BCUT2D eigenvalue weighted by Gasteiger charge is 2.20. The fourth-order valence-electron chi connectivity index (χ4n) is 7.06. The summed E-state index contributed by atoms with van der Waals surface area (Å²) >= 11 is 0. The number of benzene rings is 8. The van der Waals surface area contributed by atoms with Gasteiger partial charge in [-0.05, 0) is 93.0 Å². The van der Waals surface area contributed by atoms with Crippen LogP contribution in [0.2, 0.25) is 0 Å². The van der Waals surface area contributed by atoms with Gasteiger partial charge in [0.15, 0.2) is 0 Å².